The molecule has 1 aromatic heterocycles. The fourth-order valence-corrected chi connectivity index (χ4v) is 3.86. The normalized spacial score (nSPS) is 15.7. The Morgan fingerprint density at radius 2 is 1.93 bits per heavy atom. The quantitative estimate of drug-likeness (QED) is 0.421. The summed E-state index contributed by atoms with van der Waals surface area (Å²) in [6.45, 7) is 2.65. The number of fused-ring (bicyclic) bond motifs is 2. The van der Waals surface area contributed by atoms with Crippen LogP contribution < -0.4 is 16.0 Å². The van der Waals surface area contributed by atoms with E-state index in [9.17, 15) is 0 Å². The monoisotopic (exact) mass is 400 g/mol. The Morgan fingerprint density at radius 1 is 1.04 bits per heavy atom. The van der Waals surface area contributed by atoms with Crippen molar-refractivity contribution < 1.29 is 0 Å². The summed E-state index contributed by atoms with van der Waals surface area (Å²) in [5.41, 5.74) is 4.49. The first-order valence-corrected chi connectivity index (χ1v) is 9.89. The molecule has 0 radical (unpaired) electrons. The van der Waals surface area contributed by atoms with Crippen molar-refractivity contribution in [3.8, 4) is 0 Å². The van der Waals surface area contributed by atoms with Gasteiger partial charge in [-0.2, -0.15) is 0 Å². The van der Waals surface area contributed by atoms with Crippen LogP contribution in [0, 0.1) is 0 Å². The number of halogens is 2. The molecule has 1 aliphatic heterocycles. The minimum Gasteiger partial charge on any atom is -0.366 e. The number of nitrogens with one attached hydrogen (secondary N) is 4. The van der Waals surface area contributed by atoms with Gasteiger partial charge in [-0.25, -0.2) is 0 Å². The molecule has 4 N–H and O–H groups in total. The maximum atomic E-state index is 6.24. The van der Waals surface area contributed by atoms with Crippen LogP contribution in [0.4, 0.5) is 5.69 Å². The molecule has 0 spiro atoms. The van der Waals surface area contributed by atoms with Crippen molar-refractivity contribution >= 4 is 45.9 Å². The first-order chi connectivity index (χ1) is 13.2. The van der Waals surface area contributed by atoms with Crippen LogP contribution in [0.1, 0.15) is 17.7 Å². The van der Waals surface area contributed by atoms with Crippen LogP contribution in [0.5, 0.6) is 0 Å². The Kier molecular flexibility index (Phi) is 5.69. The zero-order valence-corrected chi connectivity index (χ0v) is 16.4. The molecule has 4 rings (SSSR count). The number of hydrogen-bond acceptors (Lipinski definition) is 3. The molecule has 140 valence electrons. The van der Waals surface area contributed by atoms with Crippen LogP contribution in [-0.2, 0) is 6.54 Å². The zero-order valence-electron chi connectivity index (χ0n) is 14.9. The molecular formula is C21H22Cl2N4. The van der Waals surface area contributed by atoms with E-state index in [1.165, 1.54) is 11.3 Å². The molecule has 0 saturated carbocycles. The topological polar surface area (TPSA) is 51.9 Å². The van der Waals surface area contributed by atoms with Crippen LogP contribution in [0.25, 0.3) is 17.0 Å². The number of benzene rings is 2. The summed E-state index contributed by atoms with van der Waals surface area (Å²) < 4.78 is 0. The van der Waals surface area contributed by atoms with Crippen molar-refractivity contribution in [1.82, 2.24) is 15.6 Å². The van der Waals surface area contributed by atoms with Gasteiger partial charge in [0.25, 0.3) is 0 Å². The van der Waals surface area contributed by atoms with E-state index < -0.39 is 0 Å². The summed E-state index contributed by atoms with van der Waals surface area (Å²) in [5.74, 6) is 0. The van der Waals surface area contributed by atoms with Gasteiger partial charge in [-0.05, 0) is 55.4 Å². The SMILES string of the molecule is Clc1cc(Cl)c2cc(CNCCCNC3C=Cc4ccccc4N3)[nH]c2c1. The Balaban J connectivity index is 1.19. The lowest BCUT2D eigenvalue weighted by atomic mass is 10.1. The molecule has 2 aromatic carbocycles. The second-order valence-electron chi connectivity index (χ2n) is 6.70. The van der Waals surface area contributed by atoms with Crippen molar-refractivity contribution in [2.24, 2.45) is 0 Å². The minimum absolute atomic E-state index is 0.181. The maximum absolute atomic E-state index is 6.24. The molecule has 0 fully saturated rings. The Morgan fingerprint density at radius 3 is 2.85 bits per heavy atom. The largest absolute Gasteiger partial charge is 0.366 e. The molecule has 27 heavy (non-hydrogen) atoms. The lowest BCUT2D eigenvalue weighted by molar-refractivity contribution is 0.574. The highest BCUT2D eigenvalue weighted by atomic mass is 35.5. The van der Waals surface area contributed by atoms with Crippen LogP contribution in [0.3, 0.4) is 0 Å². The van der Waals surface area contributed by atoms with Gasteiger partial charge in [-0.1, -0.05) is 47.5 Å². The Bertz CT molecular complexity index is 964. The number of rotatable bonds is 7. The number of aromatic amines is 1. The van der Waals surface area contributed by atoms with E-state index in [-0.39, 0.29) is 6.17 Å². The van der Waals surface area contributed by atoms with Gasteiger partial charge in [0.2, 0.25) is 0 Å². The van der Waals surface area contributed by atoms with E-state index in [1.54, 1.807) is 6.07 Å². The van der Waals surface area contributed by atoms with E-state index in [1.807, 2.05) is 6.07 Å². The summed E-state index contributed by atoms with van der Waals surface area (Å²) >= 11 is 12.3. The fraction of sp³-hybridized carbons (Fsp3) is 0.238. The number of hydrogen-bond donors (Lipinski definition) is 4. The van der Waals surface area contributed by atoms with E-state index in [0.717, 1.165) is 42.7 Å². The third-order valence-electron chi connectivity index (χ3n) is 4.66. The van der Waals surface area contributed by atoms with Crippen LogP contribution in [0.15, 0.2) is 48.5 Å². The average Bonchev–Trinajstić information content (AvgIpc) is 3.07. The van der Waals surface area contributed by atoms with Crippen molar-refractivity contribution in [2.75, 3.05) is 18.4 Å². The van der Waals surface area contributed by atoms with E-state index in [2.05, 4.69) is 63.4 Å². The molecule has 3 aromatic rings. The van der Waals surface area contributed by atoms with Crippen LogP contribution >= 0.6 is 23.2 Å². The van der Waals surface area contributed by atoms with E-state index >= 15 is 0 Å². The number of para-hydroxylation sites is 1. The van der Waals surface area contributed by atoms with Crippen molar-refractivity contribution in [3.05, 3.63) is 69.8 Å². The summed E-state index contributed by atoms with van der Waals surface area (Å²) in [4.78, 5) is 3.36. The van der Waals surface area contributed by atoms with Crippen molar-refractivity contribution in [3.63, 3.8) is 0 Å². The third-order valence-corrected chi connectivity index (χ3v) is 5.19. The molecule has 1 unspecified atom stereocenters. The molecule has 1 aliphatic rings. The highest BCUT2D eigenvalue weighted by molar-refractivity contribution is 6.38. The standard InChI is InChI=1S/C21H22Cl2N4/c22-15-10-18(23)17-12-16(26-20(17)11-15)13-24-8-3-9-25-21-7-6-14-4-1-2-5-19(14)27-21/h1-2,4-7,10-12,21,24-27H,3,8-9,13H2. The van der Waals surface area contributed by atoms with Gasteiger partial charge in [-0.3, -0.25) is 5.32 Å². The van der Waals surface area contributed by atoms with Crippen molar-refractivity contribution in [1.29, 1.82) is 0 Å². The maximum Gasteiger partial charge on any atom is 0.0964 e. The summed E-state index contributed by atoms with van der Waals surface area (Å²) in [5, 5.41) is 12.8. The highest BCUT2D eigenvalue weighted by Gasteiger charge is 2.10. The first-order valence-electron chi connectivity index (χ1n) is 9.13. The molecule has 0 bridgehead atoms. The van der Waals surface area contributed by atoms with E-state index in [0.29, 0.717) is 10.0 Å². The zero-order chi connectivity index (χ0) is 18.6. The number of H-pyrrole nitrogens is 1. The lowest BCUT2D eigenvalue weighted by Crippen LogP contribution is -2.37. The number of anilines is 1. The van der Waals surface area contributed by atoms with Gasteiger partial charge in [0.15, 0.2) is 0 Å². The van der Waals surface area contributed by atoms with Crippen LogP contribution in [0.2, 0.25) is 10.0 Å². The molecular weight excluding hydrogens is 379 g/mol. The summed E-state index contributed by atoms with van der Waals surface area (Å²) in [7, 11) is 0. The van der Waals surface area contributed by atoms with Gasteiger partial charge in [0, 0.05) is 33.9 Å². The average molecular weight is 401 g/mol. The molecule has 1 atom stereocenters. The molecule has 0 amide bonds. The molecule has 2 heterocycles. The van der Waals surface area contributed by atoms with Gasteiger partial charge in [-0.15, -0.1) is 0 Å². The predicted octanol–water partition coefficient (Wildman–Crippen LogP) is 5.01. The van der Waals surface area contributed by atoms with E-state index in [4.69, 9.17) is 23.2 Å². The summed E-state index contributed by atoms with van der Waals surface area (Å²) in [6.07, 6.45) is 5.55. The second kappa shape index (κ2) is 8.36. The number of aromatic nitrogens is 1. The molecule has 4 nitrogen and oxygen atoms in total. The second-order valence-corrected chi connectivity index (χ2v) is 7.54. The van der Waals surface area contributed by atoms with Gasteiger partial charge in [0.1, 0.15) is 0 Å². The summed E-state index contributed by atoms with van der Waals surface area (Å²) in [6, 6.07) is 14.1. The Hall–Kier alpha value is -1.98. The first kappa shape index (κ1) is 18.4. The fourth-order valence-electron chi connectivity index (χ4n) is 3.32. The molecule has 6 heteroatoms. The van der Waals surface area contributed by atoms with Crippen molar-refractivity contribution in [2.45, 2.75) is 19.1 Å². The third kappa shape index (κ3) is 4.47. The van der Waals surface area contributed by atoms with Gasteiger partial charge >= 0.3 is 0 Å². The smallest absolute Gasteiger partial charge is 0.0964 e. The predicted molar refractivity (Wildman–Crippen MR) is 116 cm³/mol. The highest BCUT2D eigenvalue weighted by Crippen LogP contribution is 2.28. The molecule has 0 aliphatic carbocycles. The minimum atomic E-state index is 0.181. The van der Waals surface area contributed by atoms with Gasteiger partial charge < -0.3 is 15.6 Å². The van der Waals surface area contributed by atoms with Crippen LogP contribution in [-0.4, -0.2) is 24.2 Å². The van der Waals surface area contributed by atoms with Gasteiger partial charge in [0.05, 0.1) is 11.2 Å². The lowest BCUT2D eigenvalue weighted by Gasteiger charge is -2.23. The molecule has 0 saturated heterocycles. The Labute approximate surface area is 168 Å².